The van der Waals surface area contributed by atoms with E-state index in [9.17, 15) is 5.11 Å². The van der Waals surface area contributed by atoms with Gasteiger partial charge in [-0.2, -0.15) is 0 Å². The van der Waals surface area contributed by atoms with Gasteiger partial charge in [-0.15, -0.1) is 0 Å². The number of aryl methyl sites for hydroxylation is 2. The van der Waals surface area contributed by atoms with E-state index in [4.69, 9.17) is 9.15 Å². The van der Waals surface area contributed by atoms with Crippen LogP contribution in [0.1, 0.15) is 23.8 Å². The van der Waals surface area contributed by atoms with Crippen molar-refractivity contribution in [3.05, 3.63) is 17.3 Å². The summed E-state index contributed by atoms with van der Waals surface area (Å²) in [7, 11) is 1.58. The molecule has 92 valence electrons. The van der Waals surface area contributed by atoms with Gasteiger partial charge >= 0.3 is 0 Å². The second kappa shape index (κ2) is 6.62. The summed E-state index contributed by atoms with van der Waals surface area (Å²) in [6.07, 6.45) is 0.248. The lowest BCUT2D eigenvalue weighted by Gasteiger charge is -2.08. The molecule has 5 nitrogen and oxygen atoms in total. The zero-order valence-electron chi connectivity index (χ0n) is 10.1. The third kappa shape index (κ3) is 4.30. The first-order valence-electron chi connectivity index (χ1n) is 5.44. The first kappa shape index (κ1) is 13.2. The third-order valence-electron chi connectivity index (χ3n) is 2.36. The number of hydrogen-bond donors (Lipinski definition) is 2. The Morgan fingerprint density at radius 3 is 2.81 bits per heavy atom. The minimum Gasteiger partial charge on any atom is -0.444 e. The van der Waals surface area contributed by atoms with Gasteiger partial charge in [0.05, 0.1) is 24.9 Å². The number of nitrogens with zero attached hydrogens (tertiary/aromatic N) is 1. The van der Waals surface area contributed by atoms with Crippen LogP contribution in [0.25, 0.3) is 0 Å². The molecule has 2 N–H and O–H groups in total. The summed E-state index contributed by atoms with van der Waals surface area (Å²) in [6.45, 7) is 5.50. The second-order valence-corrected chi connectivity index (χ2v) is 3.82. The maximum Gasteiger partial charge on any atom is 0.208 e. The van der Waals surface area contributed by atoms with E-state index in [0.29, 0.717) is 32.0 Å². The fourth-order valence-corrected chi connectivity index (χ4v) is 1.35. The van der Waals surface area contributed by atoms with Crippen LogP contribution in [0.5, 0.6) is 0 Å². The Labute approximate surface area is 95.8 Å². The smallest absolute Gasteiger partial charge is 0.208 e. The van der Waals surface area contributed by atoms with Crippen LogP contribution >= 0.6 is 0 Å². The number of aliphatic hydroxyl groups excluding tert-OH is 1. The molecule has 16 heavy (non-hydrogen) atoms. The van der Waals surface area contributed by atoms with E-state index >= 15 is 0 Å². The normalized spacial score (nSPS) is 13.0. The average Bonchev–Trinajstić information content (AvgIpc) is 2.54. The van der Waals surface area contributed by atoms with Gasteiger partial charge < -0.3 is 19.6 Å². The molecule has 1 rings (SSSR count). The fraction of sp³-hybridized carbons (Fsp3) is 0.727. The van der Waals surface area contributed by atoms with E-state index in [1.54, 1.807) is 7.11 Å². The molecule has 0 spiro atoms. The van der Waals surface area contributed by atoms with E-state index in [2.05, 4.69) is 10.3 Å². The standard InChI is InChI=1S/C11H20N2O3/c1-8-9(2)16-11(13-8)6-12-5-4-10(14)7-15-3/h10,12,14H,4-7H2,1-3H3. The fourth-order valence-electron chi connectivity index (χ4n) is 1.35. The van der Waals surface area contributed by atoms with Crippen LogP contribution in [0.4, 0.5) is 0 Å². The Morgan fingerprint density at radius 1 is 1.50 bits per heavy atom. The van der Waals surface area contributed by atoms with Gasteiger partial charge in [0.2, 0.25) is 5.89 Å². The van der Waals surface area contributed by atoms with E-state index in [-0.39, 0.29) is 0 Å². The van der Waals surface area contributed by atoms with Gasteiger partial charge in [0, 0.05) is 7.11 Å². The molecule has 0 aliphatic carbocycles. The van der Waals surface area contributed by atoms with E-state index in [0.717, 1.165) is 11.5 Å². The van der Waals surface area contributed by atoms with Crippen molar-refractivity contribution in [1.82, 2.24) is 10.3 Å². The topological polar surface area (TPSA) is 67.5 Å². The highest BCUT2D eigenvalue weighted by atomic mass is 16.5. The zero-order valence-corrected chi connectivity index (χ0v) is 10.1. The van der Waals surface area contributed by atoms with Crippen molar-refractivity contribution in [2.45, 2.75) is 32.9 Å². The summed E-state index contributed by atoms with van der Waals surface area (Å²) in [5.74, 6) is 1.55. The van der Waals surface area contributed by atoms with Crippen LogP contribution in [-0.4, -0.2) is 36.5 Å². The number of nitrogens with one attached hydrogen (secondary N) is 1. The van der Waals surface area contributed by atoms with Crippen LogP contribution < -0.4 is 5.32 Å². The van der Waals surface area contributed by atoms with Gasteiger partial charge in [-0.05, 0) is 26.8 Å². The quantitative estimate of drug-likeness (QED) is 0.675. The molecular weight excluding hydrogens is 208 g/mol. The van der Waals surface area contributed by atoms with Crippen molar-refractivity contribution in [2.75, 3.05) is 20.3 Å². The van der Waals surface area contributed by atoms with Gasteiger partial charge in [-0.1, -0.05) is 0 Å². The molecule has 1 atom stereocenters. The molecule has 0 amide bonds. The van der Waals surface area contributed by atoms with Crippen molar-refractivity contribution in [3.63, 3.8) is 0 Å². The summed E-state index contributed by atoms with van der Waals surface area (Å²) in [5, 5.41) is 12.6. The van der Waals surface area contributed by atoms with Crippen molar-refractivity contribution in [2.24, 2.45) is 0 Å². The maximum absolute atomic E-state index is 9.39. The summed E-state index contributed by atoms with van der Waals surface area (Å²) in [5.41, 5.74) is 0.927. The number of aliphatic hydroxyl groups is 1. The molecule has 0 saturated heterocycles. The first-order valence-corrected chi connectivity index (χ1v) is 5.44. The van der Waals surface area contributed by atoms with Crippen molar-refractivity contribution < 1.29 is 14.3 Å². The zero-order chi connectivity index (χ0) is 12.0. The Kier molecular flexibility index (Phi) is 5.45. The average molecular weight is 228 g/mol. The monoisotopic (exact) mass is 228 g/mol. The highest BCUT2D eigenvalue weighted by Gasteiger charge is 2.06. The molecule has 0 aliphatic rings. The van der Waals surface area contributed by atoms with Gasteiger partial charge in [0.15, 0.2) is 0 Å². The summed E-state index contributed by atoms with van der Waals surface area (Å²) in [4.78, 5) is 4.25. The molecule has 0 bridgehead atoms. The van der Waals surface area contributed by atoms with Crippen LogP contribution in [-0.2, 0) is 11.3 Å². The maximum atomic E-state index is 9.39. The van der Waals surface area contributed by atoms with Gasteiger partial charge in [-0.25, -0.2) is 4.98 Å². The molecule has 0 saturated carbocycles. The number of ether oxygens (including phenoxy) is 1. The van der Waals surface area contributed by atoms with Gasteiger partial charge in [0.1, 0.15) is 5.76 Å². The SMILES string of the molecule is COCC(O)CCNCc1nc(C)c(C)o1. The Morgan fingerprint density at radius 2 is 2.25 bits per heavy atom. The van der Waals surface area contributed by atoms with E-state index in [1.165, 1.54) is 0 Å². The predicted octanol–water partition coefficient (Wildman–Crippen LogP) is 0.778. The predicted molar refractivity (Wildman–Crippen MR) is 60.2 cm³/mol. The highest BCUT2D eigenvalue weighted by Crippen LogP contribution is 2.07. The Bertz CT molecular complexity index is 293. The number of aromatic nitrogens is 1. The number of oxazole rings is 1. The second-order valence-electron chi connectivity index (χ2n) is 3.82. The van der Waals surface area contributed by atoms with Crippen LogP contribution in [0, 0.1) is 13.8 Å². The number of methoxy groups -OCH3 is 1. The van der Waals surface area contributed by atoms with E-state index in [1.807, 2.05) is 13.8 Å². The largest absolute Gasteiger partial charge is 0.444 e. The van der Waals surface area contributed by atoms with Gasteiger partial charge in [0.25, 0.3) is 0 Å². The number of hydrogen-bond acceptors (Lipinski definition) is 5. The minimum absolute atomic E-state index is 0.374. The van der Waals surface area contributed by atoms with Crippen molar-refractivity contribution in [1.29, 1.82) is 0 Å². The molecular formula is C11H20N2O3. The minimum atomic E-state index is -0.412. The number of rotatable bonds is 7. The Balaban J connectivity index is 2.16. The molecule has 1 unspecified atom stereocenters. The molecule has 1 aromatic heterocycles. The van der Waals surface area contributed by atoms with Crippen molar-refractivity contribution in [3.8, 4) is 0 Å². The molecule has 0 aliphatic heterocycles. The summed E-state index contributed by atoms with van der Waals surface area (Å²) < 4.78 is 10.2. The highest BCUT2D eigenvalue weighted by molar-refractivity contribution is 5.04. The van der Waals surface area contributed by atoms with Crippen LogP contribution in [0.15, 0.2) is 4.42 Å². The molecule has 1 heterocycles. The lowest BCUT2D eigenvalue weighted by atomic mass is 10.2. The van der Waals surface area contributed by atoms with Crippen LogP contribution in [0.2, 0.25) is 0 Å². The molecule has 1 aromatic rings. The molecule has 0 radical (unpaired) electrons. The van der Waals surface area contributed by atoms with Crippen molar-refractivity contribution >= 4 is 0 Å². The van der Waals surface area contributed by atoms with Crippen LogP contribution in [0.3, 0.4) is 0 Å². The molecule has 5 heteroatoms. The Hall–Kier alpha value is -0.910. The summed E-state index contributed by atoms with van der Waals surface area (Å²) in [6, 6.07) is 0. The lowest BCUT2D eigenvalue weighted by Crippen LogP contribution is -2.23. The van der Waals surface area contributed by atoms with Gasteiger partial charge in [-0.3, -0.25) is 0 Å². The molecule has 0 fully saturated rings. The first-order chi connectivity index (χ1) is 7.63. The summed E-state index contributed by atoms with van der Waals surface area (Å²) >= 11 is 0. The van der Waals surface area contributed by atoms with E-state index < -0.39 is 6.10 Å². The lowest BCUT2D eigenvalue weighted by molar-refractivity contribution is 0.0593. The molecule has 0 aromatic carbocycles. The third-order valence-corrected chi connectivity index (χ3v) is 2.36.